The second-order valence-corrected chi connectivity index (χ2v) is 8.25. The van der Waals surface area contributed by atoms with E-state index in [1.165, 1.54) is 18.2 Å². The molecule has 0 spiro atoms. The zero-order chi connectivity index (χ0) is 26.5. The molecule has 0 saturated carbocycles. The van der Waals surface area contributed by atoms with Gasteiger partial charge < -0.3 is 21.5 Å². The van der Waals surface area contributed by atoms with Gasteiger partial charge in [-0.25, -0.2) is 14.2 Å². The lowest BCUT2D eigenvalue weighted by atomic mass is 10.2. The van der Waals surface area contributed by atoms with Crippen LogP contribution in [0.1, 0.15) is 11.1 Å². The fourth-order valence-corrected chi connectivity index (χ4v) is 3.73. The molecule has 0 saturated heterocycles. The summed E-state index contributed by atoms with van der Waals surface area (Å²) in [6, 6.07) is 9.51. The van der Waals surface area contributed by atoms with Crippen molar-refractivity contribution in [1.29, 1.82) is 0 Å². The number of nitrogens with one attached hydrogen (secondary N) is 1. The standard InChI is InChI=1S/C21H20Cl2F3N7O3/c22-14-7-13(8-15(23)9-14)11-33-19(34)31-18(30-6-5-29-17(27)28)32(20(33)35)10-12-1-3-16(4-2-12)36-21(24,25)26/h1-4,7-9H,5-6,10-11H2,(H4,27,28,29)(H,30,31,34). The Hall–Kier alpha value is -3.71. The molecular weight excluding hydrogens is 526 g/mol. The minimum Gasteiger partial charge on any atom is -0.406 e. The maximum Gasteiger partial charge on any atom is 0.573 e. The van der Waals surface area contributed by atoms with Gasteiger partial charge in [-0.2, -0.15) is 4.98 Å². The average Bonchev–Trinajstić information content (AvgIpc) is 2.76. The Morgan fingerprint density at radius 2 is 1.61 bits per heavy atom. The van der Waals surface area contributed by atoms with Gasteiger partial charge in [-0.15, -0.1) is 13.2 Å². The van der Waals surface area contributed by atoms with Crippen LogP contribution in [-0.4, -0.2) is 39.5 Å². The third kappa shape index (κ3) is 7.65. The van der Waals surface area contributed by atoms with Crippen molar-refractivity contribution in [2.45, 2.75) is 19.5 Å². The van der Waals surface area contributed by atoms with Gasteiger partial charge in [0.1, 0.15) is 5.75 Å². The number of benzene rings is 2. The number of nitrogens with zero attached hydrogens (tertiary/aromatic N) is 4. The number of rotatable bonds is 9. The van der Waals surface area contributed by atoms with E-state index >= 15 is 0 Å². The first-order chi connectivity index (χ1) is 16.9. The molecule has 5 N–H and O–H groups in total. The van der Waals surface area contributed by atoms with Crippen molar-refractivity contribution in [3.8, 4) is 5.75 Å². The summed E-state index contributed by atoms with van der Waals surface area (Å²) in [4.78, 5) is 33.8. The summed E-state index contributed by atoms with van der Waals surface area (Å²) in [7, 11) is 0. The second kappa shape index (κ2) is 11.4. The third-order valence-electron chi connectivity index (χ3n) is 4.60. The lowest BCUT2D eigenvalue weighted by Gasteiger charge is -2.16. The van der Waals surface area contributed by atoms with Gasteiger partial charge in [-0.1, -0.05) is 35.3 Å². The van der Waals surface area contributed by atoms with Crippen molar-refractivity contribution in [2.75, 3.05) is 18.4 Å². The van der Waals surface area contributed by atoms with Gasteiger partial charge in [0.2, 0.25) is 5.95 Å². The molecule has 0 aliphatic rings. The van der Waals surface area contributed by atoms with Gasteiger partial charge in [0.25, 0.3) is 0 Å². The smallest absolute Gasteiger partial charge is 0.406 e. The average molecular weight is 546 g/mol. The highest BCUT2D eigenvalue weighted by molar-refractivity contribution is 6.34. The van der Waals surface area contributed by atoms with Crippen LogP contribution in [0, 0.1) is 0 Å². The van der Waals surface area contributed by atoms with Crippen molar-refractivity contribution >= 4 is 35.1 Å². The molecule has 0 aliphatic carbocycles. The van der Waals surface area contributed by atoms with Gasteiger partial charge in [0.05, 0.1) is 19.6 Å². The quantitative estimate of drug-likeness (QED) is 0.213. The van der Waals surface area contributed by atoms with E-state index in [9.17, 15) is 22.8 Å². The Bertz CT molecular complexity index is 1350. The summed E-state index contributed by atoms with van der Waals surface area (Å²) in [5, 5.41) is 3.46. The highest BCUT2D eigenvalue weighted by atomic mass is 35.5. The van der Waals surface area contributed by atoms with E-state index in [-0.39, 0.29) is 38.1 Å². The molecule has 0 amide bonds. The van der Waals surface area contributed by atoms with Gasteiger partial charge in [0, 0.05) is 16.6 Å². The van der Waals surface area contributed by atoms with Crippen molar-refractivity contribution in [1.82, 2.24) is 14.1 Å². The number of guanidine groups is 1. The Balaban J connectivity index is 1.97. The first-order valence-electron chi connectivity index (χ1n) is 10.2. The van der Waals surface area contributed by atoms with Crippen molar-refractivity contribution in [2.24, 2.45) is 16.5 Å². The highest BCUT2D eigenvalue weighted by Gasteiger charge is 2.31. The highest BCUT2D eigenvalue weighted by Crippen LogP contribution is 2.23. The van der Waals surface area contributed by atoms with E-state index in [0.29, 0.717) is 21.2 Å². The Labute approximate surface area is 211 Å². The summed E-state index contributed by atoms with van der Waals surface area (Å²) >= 11 is 12.0. The van der Waals surface area contributed by atoms with E-state index in [2.05, 4.69) is 20.0 Å². The number of alkyl halides is 3. The minimum atomic E-state index is -4.84. The Morgan fingerprint density at radius 1 is 1.00 bits per heavy atom. The van der Waals surface area contributed by atoms with Crippen molar-refractivity contribution in [3.63, 3.8) is 0 Å². The number of ether oxygens (including phenoxy) is 1. The van der Waals surface area contributed by atoms with E-state index in [4.69, 9.17) is 34.7 Å². The van der Waals surface area contributed by atoms with Crippen molar-refractivity contribution in [3.05, 3.63) is 84.6 Å². The molecule has 192 valence electrons. The zero-order valence-electron chi connectivity index (χ0n) is 18.4. The molecule has 3 rings (SSSR count). The summed E-state index contributed by atoms with van der Waals surface area (Å²) in [5.41, 5.74) is 9.94. The molecule has 0 fully saturated rings. The van der Waals surface area contributed by atoms with Crippen LogP contribution in [0.5, 0.6) is 5.75 Å². The molecule has 1 heterocycles. The molecule has 36 heavy (non-hydrogen) atoms. The number of hydrogen-bond donors (Lipinski definition) is 3. The van der Waals surface area contributed by atoms with Crippen LogP contribution in [0.25, 0.3) is 0 Å². The Morgan fingerprint density at radius 3 is 2.19 bits per heavy atom. The van der Waals surface area contributed by atoms with E-state index in [1.807, 2.05) is 0 Å². The number of nitrogens with two attached hydrogens (primary N) is 2. The fraction of sp³-hybridized carbons (Fsp3) is 0.238. The summed E-state index contributed by atoms with van der Waals surface area (Å²) in [6.07, 6.45) is -4.84. The lowest BCUT2D eigenvalue weighted by Crippen LogP contribution is -2.43. The van der Waals surface area contributed by atoms with Crippen LogP contribution in [0.4, 0.5) is 19.1 Å². The predicted molar refractivity (Wildman–Crippen MR) is 130 cm³/mol. The predicted octanol–water partition coefficient (Wildman–Crippen LogP) is 2.39. The molecule has 10 nitrogen and oxygen atoms in total. The number of hydrogen-bond acceptors (Lipinski definition) is 6. The molecule has 0 atom stereocenters. The summed E-state index contributed by atoms with van der Waals surface area (Å²) < 4.78 is 43.2. The van der Waals surface area contributed by atoms with Crippen LogP contribution < -0.4 is 32.9 Å². The van der Waals surface area contributed by atoms with Crippen molar-refractivity contribution < 1.29 is 17.9 Å². The van der Waals surface area contributed by atoms with E-state index < -0.39 is 23.5 Å². The van der Waals surface area contributed by atoms with Crippen LogP contribution >= 0.6 is 23.2 Å². The third-order valence-corrected chi connectivity index (χ3v) is 5.04. The number of halogens is 5. The summed E-state index contributed by atoms with van der Waals surface area (Å²) in [5.74, 6) is -0.638. The van der Waals surface area contributed by atoms with Crippen LogP contribution in [0.2, 0.25) is 10.0 Å². The topological polar surface area (TPSA) is 143 Å². The number of anilines is 1. The Kier molecular flexibility index (Phi) is 8.48. The van der Waals surface area contributed by atoms with Crippen LogP contribution in [-0.2, 0) is 13.1 Å². The van der Waals surface area contributed by atoms with E-state index in [1.54, 1.807) is 12.1 Å². The van der Waals surface area contributed by atoms with E-state index in [0.717, 1.165) is 21.3 Å². The normalized spacial score (nSPS) is 11.2. The zero-order valence-corrected chi connectivity index (χ0v) is 19.9. The maximum atomic E-state index is 13.3. The van der Waals surface area contributed by atoms with Gasteiger partial charge in [-0.05, 0) is 41.5 Å². The first kappa shape index (κ1) is 26.9. The maximum absolute atomic E-state index is 13.3. The fourth-order valence-electron chi connectivity index (χ4n) is 3.16. The van der Waals surface area contributed by atoms with Gasteiger partial charge >= 0.3 is 17.7 Å². The SMILES string of the molecule is NC(N)=NCCNc1nc(=O)n(Cc2cc(Cl)cc(Cl)c2)c(=O)n1Cc1ccc(OC(F)(F)F)cc1. The number of aromatic nitrogens is 3. The largest absolute Gasteiger partial charge is 0.573 e. The molecule has 0 radical (unpaired) electrons. The molecule has 0 unspecified atom stereocenters. The van der Waals surface area contributed by atoms with Gasteiger partial charge in [-0.3, -0.25) is 9.56 Å². The molecule has 3 aromatic rings. The molecule has 0 aliphatic heterocycles. The van der Waals surface area contributed by atoms with Crippen LogP contribution in [0.3, 0.4) is 0 Å². The lowest BCUT2D eigenvalue weighted by molar-refractivity contribution is -0.274. The molecular formula is C21H20Cl2F3N7O3. The summed E-state index contributed by atoms with van der Waals surface area (Å²) in [6.45, 7) is -0.0290. The molecule has 1 aromatic heterocycles. The second-order valence-electron chi connectivity index (χ2n) is 7.38. The monoisotopic (exact) mass is 545 g/mol. The molecule has 15 heteroatoms. The van der Waals surface area contributed by atoms with Gasteiger partial charge in [0.15, 0.2) is 5.96 Å². The van der Waals surface area contributed by atoms with Crippen LogP contribution in [0.15, 0.2) is 57.0 Å². The first-order valence-corrected chi connectivity index (χ1v) is 11.0. The molecule has 0 bridgehead atoms. The minimum absolute atomic E-state index is 0.0770. The molecule has 2 aromatic carbocycles. The number of aliphatic imine (C=N–C) groups is 1.